The first kappa shape index (κ1) is 25.9. The summed E-state index contributed by atoms with van der Waals surface area (Å²) in [5, 5.41) is 6.46. The summed E-state index contributed by atoms with van der Waals surface area (Å²) in [7, 11) is 0. The molecule has 2 N–H and O–H groups in total. The fourth-order valence-electron chi connectivity index (χ4n) is 5.22. The molecule has 1 aliphatic heterocycles. The van der Waals surface area contributed by atoms with Crippen LogP contribution in [0.2, 0.25) is 5.02 Å². The van der Waals surface area contributed by atoms with Crippen molar-refractivity contribution in [3.05, 3.63) is 88.5 Å². The van der Waals surface area contributed by atoms with E-state index in [4.69, 9.17) is 11.6 Å². The summed E-state index contributed by atoms with van der Waals surface area (Å²) >= 11 is 6.16. The van der Waals surface area contributed by atoms with Crippen LogP contribution in [0.5, 0.6) is 0 Å². The molecule has 0 saturated heterocycles. The van der Waals surface area contributed by atoms with Crippen molar-refractivity contribution >= 4 is 35.0 Å². The highest BCUT2D eigenvalue weighted by molar-refractivity contribution is 6.31. The molecule has 196 valence electrons. The normalized spacial score (nSPS) is 21.3. The SMILES string of the molecule is Cc1ccc(C(=O)NC2CCC(CN3C(=O)c4ccc(Cl)cc4NC(=O)[C@H]3Cc3ccccn3)CC2)nc1. The Balaban J connectivity index is 1.29. The molecule has 5 rings (SSSR count). The van der Waals surface area contributed by atoms with Crippen molar-refractivity contribution in [1.82, 2.24) is 20.2 Å². The summed E-state index contributed by atoms with van der Waals surface area (Å²) in [4.78, 5) is 50.1. The van der Waals surface area contributed by atoms with E-state index in [0.717, 1.165) is 36.9 Å². The monoisotopic (exact) mass is 531 g/mol. The van der Waals surface area contributed by atoms with Gasteiger partial charge >= 0.3 is 0 Å². The van der Waals surface area contributed by atoms with Gasteiger partial charge in [-0.25, -0.2) is 0 Å². The maximum Gasteiger partial charge on any atom is 0.270 e. The van der Waals surface area contributed by atoms with Crippen LogP contribution in [0.15, 0.2) is 60.9 Å². The Morgan fingerprint density at radius 1 is 1.08 bits per heavy atom. The highest BCUT2D eigenvalue weighted by atomic mass is 35.5. The van der Waals surface area contributed by atoms with Crippen molar-refractivity contribution in [2.24, 2.45) is 5.92 Å². The first-order chi connectivity index (χ1) is 18.4. The third-order valence-corrected chi connectivity index (χ3v) is 7.55. The number of aromatic nitrogens is 2. The number of carbonyl (C=O) groups excluding carboxylic acids is 3. The van der Waals surface area contributed by atoms with Crippen LogP contribution in [0.3, 0.4) is 0 Å². The Morgan fingerprint density at radius 2 is 1.89 bits per heavy atom. The maximum absolute atomic E-state index is 13.8. The molecule has 1 aliphatic carbocycles. The molecule has 1 fully saturated rings. The molecule has 0 bridgehead atoms. The molecule has 2 aliphatic rings. The molecule has 0 radical (unpaired) electrons. The van der Waals surface area contributed by atoms with Crippen molar-refractivity contribution in [3.63, 3.8) is 0 Å². The van der Waals surface area contributed by atoms with E-state index in [-0.39, 0.29) is 29.7 Å². The molecule has 0 spiro atoms. The van der Waals surface area contributed by atoms with Crippen LogP contribution >= 0.6 is 11.6 Å². The van der Waals surface area contributed by atoms with Crippen LogP contribution in [0.4, 0.5) is 5.69 Å². The third-order valence-electron chi connectivity index (χ3n) is 7.32. The van der Waals surface area contributed by atoms with Crippen LogP contribution in [0.25, 0.3) is 0 Å². The first-order valence-electron chi connectivity index (χ1n) is 12.9. The zero-order valence-corrected chi connectivity index (χ0v) is 21.9. The summed E-state index contributed by atoms with van der Waals surface area (Å²) in [6.07, 6.45) is 6.96. The summed E-state index contributed by atoms with van der Waals surface area (Å²) in [5.74, 6) is -0.413. The largest absolute Gasteiger partial charge is 0.348 e. The number of halogens is 1. The lowest BCUT2D eigenvalue weighted by Crippen LogP contribution is -2.49. The van der Waals surface area contributed by atoms with Gasteiger partial charge in [0.25, 0.3) is 11.8 Å². The fourth-order valence-corrected chi connectivity index (χ4v) is 5.39. The molecule has 0 unspecified atom stereocenters. The van der Waals surface area contributed by atoms with E-state index >= 15 is 0 Å². The molecule has 38 heavy (non-hydrogen) atoms. The van der Waals surface area contributed by atoms with Crippen LogP contribution in [-0.4, -0.2) is 51.2 Å². The van der Waals surface area contributed by atoms with Gasteiger partial charge in [-0.3, -0.25) is 24.4 Å². The Kier molecular flexibility index (Phi) is 7.69. The number of pyridine rings is 2. The van der Waals surface area contributed by atoms with Gasteiger partial charge in [0, 0.05) is 42.1 Å². The van der Waals surface area contributed by atoms with Crippen LogP contribution in [0.1, 0.15) is 57.8 Å². The van der Waals surface area contributed by atoms with Crippen molar-refractivity contribution in [3.8, 4) is 0 Å². The van der Waals surface area contributed by atoms with Crippen molar-refractivity contribution < 1.29 is 14.4 Å². The zero-order valence-electron chi connectivity index (χ0n) is 21.2. The van der Waals surface area contributed by atoms with Gasteiger partial charge in [-0.2, -0.15) is 0 Å². The van der Waals surface area contributed by atoms with Crippen LogP contribution < -0.4 is 10.6 Å². The highest BCUT2D eigenvalue weighted by Crippen LogP contribution is 2.31. The smallest absolute Gasteiger partial charge is 0.270 e. The topological polar surface area (TPSA) is 104 Å². The number of nitrogens with zero attached hydrogens (tertiary/aromatic N) is 3. The lowest BCUT2D eigenvalue weighted by Gasteiger charge is -2.35. The number of hydrogen-bond donors (Lipinski definition) is 2. The molecule has 3 heterocycles. The number of benzene rings is 1. The van der Waals surface area contributed by atoms with E-state index in [2.05, 4.69) is 20.6 Å². The first-order valence-corrected chi connectivity index (χ1v) is 13.3. The van der Waals surface area contributed by atoms with Gasteiger partial charge in [0.15, 0.2) is 0 Å². The van der Waals surface area contributed by atoms with E-state index < -0.39 is 6.04 Å². The number of carbonyl (C=O) groups is 3. The van der Waals surface area contributed by atoms with Crippen LogP contribution in [0, 0.1) is 12.8 Å². The fraction of sp³-hybridized carbons (Fsp3) is 0.345. The molecule has 1 saturated carbocycles. The minimum atomic E-state index is -0.700. The average Bonchev–Trinajstić information content (AvgIpc) is 3.00. The van der Waals surface area contributed by atoms with Gasteiger partial charge in [-0.15, -0.1) is 0 Å². The van der Waals surface area contributed by atoms with Crippen molar-refractivity contribution in [1.29, 1.82) is 0 Å². The van der Waals surface area contributed by atoms with Gasteiger partial charge < -0.3 is 15.5 Å². The third kappa shape index (κ3) is 5.86. The molecule has 1 atom stereocenters. The molecular weight excluding hydrogens is 502 g/mol. The van der Waals surface area contributed by atoms with Crippen molar-refractivity contribution in [2.75, 3.05) is 11.9 Å². The number of hydrogen-bond acceptors (Lipinski definition) is 5. The maximum atomic E-state index is 13.8. The molecule has 8 nitrogen and oxygen atoms in total. The second-order valence-electron chi connectivity index (χ2n) is 10.1. The summed E-state index contributed by atoms with van der Waals surface area (Å²) in [5.41, 5.74) is 3.02. The van der Waals surface area contributed by atoms with E-state index in [9.17, 15) is 14.4 Å². The summed E-state index contributed by atoms with van der Waals surface area (Å²) < 4.78 is 0. The molecule has 1 aromatic carbocycles. The van der Waals surface area contributed by atoms with Gasteiger partial charge in [-0.1, -0.05) is 23.7 Å². The molecular formula is C29H30ClN5O3. The number of fused-ring (bicyclic) bond motifs is 1. The number of rotatable bonds is 6. The van der Waals surface area contributed by atoms with Crippen molar-refractivity contribution in [2.45, 2.75) is 51.1 Å². The Morgan fingerprint density at radius 3 is 2.61 bits per heavy atom. The number of amides is 3. The standard InChI is InChI=1S/C29H30ClN5O3/c1-18-5-12-24(32-16-18)27(36)33-21-9-6-19(7-10-21)17-35-26(15-22-4-2-3-13-31-22)28(37)34-25-14-20(30)8-11-23(25)29(35)38/h2-5,8,11-14,16,19,21,26H,6-7,9-10,15,17H2,1H3,(H,33,36)(H,34,37)/t19?,21?,26-/m1/s1. The van der Waals surface area contributed by atoms with Gasteiger partial charge in [0.1, 0.15) is 11.7 Å². The lowest BCUT2D eigenvalue weighted by atomic mass is 9.85. The quantitative estimate of drug-likeness (QED) is 0.489. The lowest BCUT2D eigenvalue weighted by molar-refractivity contribution is -0.120. The predicted octanol–water partition coefficient (Wildman–Crippen LogP) is 4.43. The number of nitrogens with one attached hydrogen (secondary N) is 2. The van der Waals surface area contributed by atoms with Gasteiger partial charge in [0.2, 0.25) is 5.91 Å². The average molecular weight is 532 g/mol. The Bertz CT molecular complexity index is 1320. The molecule has 3 aromatic rings. The minimum Gasteiger partial charge on any atom is -0.348 e. The second kappa shape index (κ2) is 11.3. The molecule has 9 heteroatoms. The zero-order chi connectivity index (χ0) is 26.6. The van der Waals surface area contributed by atoms with E-state index in [1.54, 1.807) is 41.6 Å². The minimum absolute atomic E-state index is 0.0529. The van der Waals surface area contributed by atoms with Gasteiger partial charge in [-0.05, 0) is 80.5 Å². The van der Waals surface area contributed by atoms with E-state index in [1.807, 2.05) is 31.2 Å². The summed E-state index contributed by atoms with van der Waals surface area (Å²) in [6.45, 7) is 2.38. The van der Waals surface area contributed by atoms with E-state index in [1.165, 1.54) is 0 Å². The summed E-state index contributed by atoms with van der Waals surface area (Å²) in [6, 6.07) is 13.5. The number of anilines is 1. The van der Waals surface area contributed by atoms with Crippen LogP contribution in [-0.2, 0) is 11.2 Å². The Hall–Kier alpha value is -3.78. The predicted molar refractivity (Wildman–Crippen MR) is 145 cm³/mol. The highest BCUT2D eigenvalue weighted by Gasteiger charge is 2.37. The second-order valence-corrected chi connectivity index (χ2v) is 10.5. The van der Waals surface area contributed by atoms with E-state index in [0.29, 0.717) is 34.9 Å². The van der Waals surface area contributed by atoms with Gasteiger partial charge in [0.05, 0.1) is 11.3 Å². The molecule has 3 amide bonds. The molecule has 2 aromatic heterocycles. The number of aryl methyl sites for hydroxylation is 1. The Labute approximate surface area is 226 Å².